The third-order valence-corrected chi connectivity index (χ3v) is 3.46. The average Bonchev–Trinajstić information content (AvgIpc) is 3.02. The van der Waals surface area contributed by atoms with Crippen molar-refractivity contribution in [2.75, 3.05) is 18.5 Å². The smallest absolute Gasteiger partial charge is 0.166 e. The summed E-state index contributed by atoms with van der Waals surface area (Å²) < 4.78 is 14.4. The van der Waals surface area contributed by atoms with Crippen LogP contribution in [0.5, 0.6) is 0 Å². The maximum Gasteiger partial charge on any atom is 0.166 e. The van der Waals surface area contributed by atoms with E-state index in [1.165, 1.54) is 18.9 Å². The van der Waals surface area contributed by atoms with Gasteiger partial charge in [0, 0.05) is 30.3 Å². The number of hydrogen-bond acceptors (Lipinski definition) is 3. The van der Waals surface area contributed by atoms with Crippen molar-refractivity contribution in [1.29, 1.82) is 0 Å². The molecule has 0 aromatic carbocycles. The monoisotopic (exact) mass is 287 g/mol. The van der Waals surface area contributed by atoms with Crippen LogP contribution in [0.2, 0.25) is 0 Å². The van der Waals surface area contributed by atoms with Gasteiger partial charge >= 0.3 is 0 Å². The highest BCUT2D eigenvalue weighted by molar-refractivity contribution is 9.10. The van der Waals surface area contributed by atoms with Crippen molar-refractivity contribution in [3.05, 3.63) is 22.6 Å². The summed E-state index contributed by atoms with van der Waals surface area (Å²) in [5, 5.41) is 0. The van der Waals surface area contributed by atoms with E-state index in [0.29, 0.717) is 22.8 Å². The van der Waals surface area contributed by atoms with E-state index in [-0.39, 0.29) is 11.9 Å². The summed E-state index contributed by atoms with van der Waals surface area (Å²) in [5.41, 5.74) is 5.73. The van der Waals surface area contributed by atoms with Crippen molar-refractivity contribution in [2.45, 2.75) is 18.9 Å². The zero-order chi connectivity index (χ0) is 11.7. The Labute approximate surface area is 103 Å². The van der Waals surface area contributed by atoms with E-state index >= 15 is 0 Å². The van der Waals surface area contributed by atoms with Crippen molar-refractivity contribution in [3.8, 4) is 0 Å². The Balaban J connectivity index is 2.21. The van der Waals surface area contributed by atoms with Gasteiger partial charge in [-0.15, -0.1) is 0 Å². The van der Waals surface area contributed by atoms with Gasteiger partial charge in [-0.05, 0) is 40.8 Å². The molecule has 0 spiro atoms. The highest BCUT2D eigenvalue weighted by atomic mass is 79.9. The predicted molar refractivity (Wildman–Crippen MR) is 65.9 cm³/mol. The molecular formula is C11H15BrFN3. The quantitative estimate of drug-likeness (QED) is 0.923. The van der Waals surface area contributed by atoms with Crippen LogP contribution in [0.1, 0.15) is 12.8 Å². The van der Waals surface area contributed by atoms with E-state index in [9.17, 15) is 4.39 Å². The van der Waals surface area contributed by atoms with Gasteiger partial charge in [0.25, 0.3) is 0 Å². The van der Waals surface area contributed by atoms with Crippen LogP contribution in [0.25, 0.3) is 0 Å². The fourth-order valence-electron chi connectivity index (χ4n) is 1.97. The van der Waals surface area contributed by atoms with E-state index in [4.69, 9.17) is 5.73 Å². The summed E-state index contributed by atoms with van der Waals surface area (Å²) in [5.74, 6) is 0.668. The van der Waals surface area contributed by atoms with Crippen molar-refractivity contribution >= 4 is 21.7 Å². The molecule has 0 aliphatic heterocycles. The number of nitrogens with two attached hydrogens (primary N) is 1. The second-order valence-corrected chi connectivity index (χ2v) is 5.13. The van der Waals surface area contributed by atoms with E-state index < -0.39 is 0 Å². The topological polar surface area (TPSA) is 42.2 Å². The first kappa shape index (κ1) is 11.8. The van der Waals surface area contributed by atoms with Crippen molar-refractivity contribution in [2.24, 2.45) is 11.7 Å². The van der Waals surface area contributed by atoms with E-state index in [1.54, 1.807) is 6.20 Å². The standard InChI is InChI=1S/C11H15BrFN3/c1-16(10(5-14)7-2-3-7)11-9(13)4-8(12)6-15-11/h4,6-7,10H,2-3,5,14H2,1H3. The van der Waals surface area contributed by atoms with Gasteiger partial charge in [0.15, 0.2) is 11.6 Å². The Hall–Kier alpha value is -0.680. The summed E-state index contributed by atoms with van der Waals surface area (Å²) in [7, 11) is 1.86. The van der Waals surface area contributed by atoms with Crippen LogP contribution in [-0.4, -0.2) is 24.6 Å². The van der Waals surface area contributed by atoms with Crippen molar-refractivity contribution in [1.82, 2.24) is 4.98 Å². The van der Waals surface area contributed by atoms with E-state index in [2.05, 4.69) is 20.9 Å². The number of rotatable bonds is 4. The molecule has 1 atom stereocenters. The van der Waals surface area contributed by atoms with Crippen LogP contribution in [0.3, 0.4) is 0 Å². The highest BCUT2D eigenvalue weighted by Gasteiger charge is 2.34. The summed E-state index contributed by atoms with van der Waals surface area (Å²) in [4.78, 5) is 5.97. The molecule has 1 aliphatic rings. The maximum absolute atomic E-state index is 13.7. The van der Waals surface area contributed by atoms with Gasteiger partial charge in [-0.1, -0.05) is 0 Å². The molecule has 88 valence electrons. The molecule has 1 aromatic rings. The molecule has 1 heterocycles. The number of aromatic nitrogens is 1. The lowest BCUT2D eigenvalue weighted by Crippen LogP contribution is -2.40. The van der Waals surface area contributed by atoms with E-state index in [1.807, 2.05) is 11.9 Å². The molecule has 16 heavy (non-hydrogen) atoms. The maximum atomic E-state index is 13.7. The molecule has 1 unspecified atom stereocenters. The van der Waals surface area contributed by atoms with Crippen LogP contribution in [-0.2, 0) is 0 Å². The first-order valence-corrected chi connectivity index (χ1v) is 6.16. The molecule has 2 N–H and O–H groups in total. The zero-order valence-electron chi connectivity index (χ0n) is 9.16. The third-order valence-electron chi connectivity index (χ3n) is 3.03. The van der Waals surface area contributed by atoms with Gasteiger partial charge in [-0.3, -0.25) is 0 Å². The summed E-state index contributed by atoms with van der Waals surface area (Å²) in [6.07, 6.45) is 3.98. The largest absolute Gasteiger partial charge is 0.353 e. The number of hydrogen-bond donors (Lipinski definition) is 1. The zero-order valence-corrected chi connectivity index (χ0v) is 10.7. The first-order chi connectivity index (χ1) is 7.63. The fraction of sp³-hybridized carbons (Fsp3) is 0.545. The second kappa shape index (κ2) is 4.67. The van der Waals surface area contributed by atoms with Crippen LogP contribution >= 0.6 is 15.9 Å². The van der Waals surface area contributed by atoms with Crippen LogP contribution in [0, 0.1) is 11.7 Å². The Morgan fingerprint density at radius 1 is 1.69 bits per heavy atom. The number of likely N-dealkylation sites (N-methyl/N-ethyl adjacent to an activating group) is 1. The van der Waals surface area contributed by atoms with Crippen LogP contribution in [0.4, 0.5) is 10.2 Å². The molecule has 0 radical (unpaired) electrons. The minimum atomic E-state index is -0.309. The Morgan fingerprint density at radius 3 is 2.88 bits per heavy atom. The number of halogens is 2. The molecule has 3 nitrogen and oxygen atoms in total. The van der Waals surface area contributed by atoms with Crippen LogP contribution in [0.15, 0.2) is 16.7 Å². The molecule has 1 aromatic heterocycles. The molecule has 2 rings (SSSR count). The molecule has 0 saturated heterocycles. The Kier molecular flexibility index (Phi) is 3.44. The molecule has 1 fully saturated rings. The van der Waals surface area contributed by atoms with Gasteiger partial charge in [0.1, 0.15) is 0 Å². The van der Waals surface area contributed by atoms with Gasteiger partial charge in [0.05, 0.1) is 0 Å². The SMILES string of the molecule is CN(c1ncc(Br)cc1F)C(CN)C1CC1. The summed E-state index contributed by atoms with van der Waals surface area (Å²) in [6.45, 7) is 0.540. The summed E-state index contributed by atoms with van der Waals surface area (Å²) in [6, 6.07) is 1.63. The lowest BCUT2D eigenvalue weighted by molar-refractivity contribution is 0.544. The van der Waals surface area contributed by atoms with Crippen molar-refractivity contribution < 1.29 is 4.39 Å². The minimum Gasteiger partial charge on any atom is -0.353 e. The Morgan fingerprint density at radius 2 is 2.38 bits per heavy atom. The predicted octanol–water partition coefficient (Wildman–Crippen LogP) is 2.16. The first-order valence-electron chi connectivity index (χ1n) is 5.37. The fourth-order valence-corrected chi connectivity index (χ4v) is 2.28. The summed E-state index contributed by atoms with van der Waals surface area (Å²) >= 11 is 3.20. The van der Waals surface area contributed by atoms with Gasteiger partial charge in [-0.2, -0.15) is 0 Å². The number of anilines is 1. The Bertz CT molecular complexity index is 381. The molecular weight excluding hydrogens is 273 g/mol. The van der Waals surface area contributed by atoms with Gasteiger partial charge in [-0.25, -0.2) is 9.37 Å². The van der Waals surface area contributed by atoms with Crippen molar-refractivity contribution in [3.63, 3.8) is 0 Å². The average molecular weight is 288 g/mol. The van der Waals surface area contributed by atoms with E-state index in [0.717, 1.165) is 0 Å². The minimum absolute atomic E-state index is 0.197. The van der Waals surface area contributed by atoms with Gasteiger partial charge < -0.3 is 10.6 Å². The second-order valence-electron chi connectivity index (χ2n) is 4.21. The molecule has 0 bridgehead atoms. The number of pyridine rings is 1. The molecule has 0 amide bonds. The number of nitrogens with zero attached hydrogens (tertiary/aromatic N) is 2. The van der Waals surface area contributed by atoms with Crippen LogP contribution < -0.4 is 10.6 Å². The molecule has 1 saturated carbocycles. The molecule has 5 heteroatoms. The molecule has 1 aliphatic carbocycles. The highest BCUT2D eigenvalue weighted by Crippen LogP contribution is 2.36. The van der Waals surface area contributed by atoms with Gasteiger partial charge in [0.2, 0.25) is 0 Å². The third kappa shape index (κ3) is 2.35. The normalized spacial score (nSPS) is 17.2. The lowest BCUT2D eigenvalue weighted by atomic mass is 10.1. The lowest BCUT2D eigenvalue weighted by Gasteiger charge is -2.28.